The lowest BCUT2D eigenvalue weighted by molar-refractivity contribution is -0.128. The van der Waals surface area contributed by atoms with Crippen molar-refractivity contribution in [3.63, 3.8) is 0 Å². The SMILES string of the molecule is CCN1CCCC1CN1CC(CS)CC1=O. The van der Waals surface area contributed by atoms with Crippen molar-refractivity contribution >= 4 is 18.5 Å². The minimum atomic E-state index is 0.335. The van der Waals surface area contributed by atoms with E-state index in [1.807, 2.05) is 0 Å². The summed E-state index contributed by atoms with van der Waals surface area (Å²) in [5.74, 6) is 1.65. The first-order valence-electron chi connectivity index (χ1n) is 6.37. The summed E-state index contributed by atoms with van der Waals surface area (Å²) in [5, 5.41) is 0. The topological polar surface area (TPSA) is 23.6 Å². The van der Waals surface area contributed by atoms with Crippen molar-refractivity contribution in [2.45, 2.75) is 32.2 Å². The van der Waals surface area contributed by atoms with Gasteiger partial charge < -0.3 is 4.90 Å². The quantitative estimate of drug-likeness (QED) is 0.750. The average molecular weight is 242 g/mol. The lowest BCUT2D eigenvalue weighted by Crippen LogP contribution is -2.41. The van der Waals surface area contributed by atoms with Crippen LogP contribution in [0.3, 0.4) is 0 Å². The molecule has 16 heavy (non-hydrogen) atoms. The Hall–Kier alpha value is -0.220. The van der Waals surface area contributed by atoms with Gasteiger partial charge in [0.05, 0.1) is 0 Å². The first-order chi connectivity index (χ1) is 7.74. The van der Waals surface area contributed by atoms with Crippen molar-refractivity contribution in [2.75, 3.05) is 31.9 Å². The molecule has 2 rings (SSSR count). The average Bonchev–Trinajstić information content (AvgIpc) is 2.86. The number of rotatable bonds is 4. The Morgan fingerprint density at radius 3 is 2.94 bits per heavy atom. The van der Waals surface area contributed by atoms with Gasteiger partial charge >= 0.3 is 0 Å². The monoisotopic (exact) mass is 242 g/mol. The van der Waals surface area contributed by atoms with Gasteiger partial charge in [0, 0.05) is 25.6 Å². The number of hydrogen-bond donors (Lipinski definition) is 1. The summed E-state index contributed by atoms with van der Waals surface area (Å²) in [6, 6.07) is 0.604. The molecule has 2 aliphatic rings. The standard InChI is InChI=1S/C12H22N2OS/c1-2-13-5-3-4-11(13)8-14-7-10(9-16)6-12(14)15/h10-11,16H,2-9H2,1H3. The van der Waals surface area contributed by atoms with Crippen LogP contribution in [-0.4, -0.2) is 53.7 Å². The van der Waals surface area contributed by atoms with Crippen molar-refractivity contribution < 1.29 is 4.79 Å². The Morgan fingerprint density at radius 1 is 1.50 bits per heavy atom. The number of likely N-dealkylation sites (tertiary alicyclic amines) is 2. The Balaban J connectivity index is 1.87. The molecule has 0 radical (unpaired) electrons. The number of nitrogens with zero attached hydrogens (tertiary/aromatic N) is 2. The minimum absolute atomic E-state index is 0.335. The molecule has 0 N–H and O–H groups in total. The van der Waals surface area contributed by atoms with E-state index < -0.39 is 0 Å². The summed E-state index contributed by atoms with van der Waals surface area (Å²) < 4.78 is 0. The summed E-state index contributed by atoms with van der Waals surface area (Å²) in [6.07, 6.45) is 3.25. The molecule has 2 aliphatic heterocycles. The predicted octanol–water partition coefficient (Wildman–Crippen LogP) is 1.25. The van der Waals surface area contributed by atoms with Crippen LogP contribution in [0.15, 0.2) is 0 Å². The van der Waals surface area contributed by atoms with Crippen molar-refractivity contribution in [1.82, 2.24) is 9.80 Å². The molecule has 2 unspecified atom stereocenters. The van der Waals surface area contributed by atoms with Crippen molar-refractivity contribution in [3.05, 3.63) is 0 Å². The fraction of sp³-hybridized carbons (Fsp3) is 0.917. The fourth-order valence-corrected chi connectivity index (χ4v) is 3.17. The molecule has 4 heteroatoms. The Bertz CT molecular complexity index is 259. The summed E-state index contributed by atoms with van der Waals surface area (Å²) in [6.45, 7) is 6.40. The van der Waals surface area contributed by atoms with E-state index >= 15 is 0 Å². The normalized spacial score (nSPS) is 31.6. The first-order valence-corrected chi connectivity index (χ1v) is 7.00. The predicted molar refractivity (Wildman–Crippen MR) is 68.8 cm³/mol. The van der Waals surface area contributed by atoms with E-state index in [9.17, 15) is 4.79 Å². The summed E-state index contributed by atoms with van der Waals surface area (Å²) in [4.78, 5) is 16.4. The third-order valence-corrected chi connectivity index (χ3v) is 4.41. The number of hydrogen-bond acceptors (Lipinski definition) is 3. The highest BCUT2D eigenvalue weighted by Crippen LogP contribution is 2.23. The van der Waals surface area contributed by atoms with Crippen LogP contribution in [0.2, 0.25) is 0 Å². The van der Waals surface area contributed by atoms with Crippen LogP contribution in [0, 0.1) is 5.92 Å². The van der Waals surface area contributed by atoms with E-state index in [1.54, 1.807) is 0 Å². The van der Waals surface area contributed by atoms with Gasteiger partial charge in [-0.15, -0.1) is 0 Å². The Kier molecular flexibility index (Phi) is 4.14. The van der Waals surface area contributed by atoms with Gasteiger partial charge in [0.1, 0.15) is 0 Å². The summed E-state index contributed by atoms with van der Waals surface area (Å²) in [7, 11) is 0. The van der Waals surface area contributed by atoms with Crippen LogP contribution in [0.1, 0.15) is 26.2 Å². The van der Waals surface area contributed by atoms with E-state index in [0.717, 1.165) is 25.4 Å². The highest BCUT2D eigenvalue weighted by molar-refractivity contribution is 7.80. The Morgan fingerprint density at radius 2 is 2.31 bits per heavy atom. The van der Waals surface area contributed by atoms with Crippen LogP contribution >= 0.6 is 12.6 Å². The molecule has 2 atom stereocenters. The third-order valence-electron chi connectivity index (χ3n) is 3.89. The van der Waals surface area contributed by atoms with E-state index in [4.69, 9.17) is 0 Å². The molecular weight excluding hydrogens is 220 g/mol. The number of carbonyl (C=O) groups is 1. The number of amides is 1. The molecule has 2 heterocycles. The van der Waals surface area contributed by atoms with Crippen molar-refractivity contribution in [3.8, 4) is 0 Å². The maximum absolute atomic E-state index is 11.8. The van der Waals surface area contributed by atoms with Gasteiger partial charge in [0.15, 0.2) is 0 Å². The van der Waals surface area contributed by atoms with Gasteiger partial charge in [0.25, 0.3) is 0 Å². The second kappa shape index (κ2) is 5.41. The number of carbonyl (C=O) groups excluding carboxylic acids is 1. The lowest BCUT2D eigenvalue weighted by Gasteiger charge is -2.27. The second-order valence-electron chi connectivity index (χ2n) is 4.98. The molecule has 92 valence electrons. The van der Waals surface area contributed by atoms with E-state index in [0.29, 0.717) is 24.3 Å². The maximum Gasteiger partial charge on any atom is 0.223 e. The van der Waals surface area contributed by atoms with Gasteiger partial charge in [-0.2, -0.15) is 12.6 Å². The molecule has 0 aliphatic carbocycles. The molecule has 0 aromatic rings. The lowest BCUT2D eigenvalue weighted by atomic mass is 10.1. The molecule has 0 aromatic heterocycles. The zero-order chi connectivity index (χ0) is 11.5. The molecule has 0 saturated carbocycles. The van der Waals surface area contributed by atoms with Crippen molar-refractivity contribution in [2.24, 2.45) is 5.92 Å². The van der Waals surface area contributed by atoms with Crippen LogP contribution in [0.4, 0.5) is 0 Å². The molecule has 2 saturated heterocycles. The van der Waals surface area contributed by atoms with Gasteiger partial charge in [-0.25, -0.2) is 0 Å². The van der Waals surface area contributed by atoms with Gasteiger partial charge in [0.2, 0.25) is 5.91 Å². The molecule has 0 aromatic carbocycles. The largest absolute Gasteiger partial charge is 0.341 e. The first kappa shape index (κ1) is 12.2. The van der Waals surface area contributed by atoms with Crippen LogP contribution < -0.4 is 0 Å². The van der Waals surface area contributed by atoms with E-state index in [2.05, 4.69) is 29.4 Å². The van der Waals surface area contributed by atoms with E-state index in [-0.39, 0.29) is 0 Å². The van der Waals surface area contributed by atoms with Gasteiger partial charge in [-0.1, -0.05) is 6.92 Å². The maximum atomic E-state index is 11.8. The number of likely N-dealkylation sites (N-methyl/N-ethyl adjacent to an activating group) is 1. The third kappa shape index (κ3) is 2.54. The minimum Gasteiger partial charge on any atom is -0.341 e. The van der Waals surface area contributed by atoms with Crippen LogP contribution in [0.5, 0.6) is 0 Å². The second-order valence-corrected chi connectivity index (χ2v) is 5.34. The van der Waals surface area contributed by atoms with Crippen molar-refractivity contribution in [1.29, 1.82) is 0 Å². The smallest absolute Gasteiger partial charge is 0.223 e. The van der Waals surface area contributed by atoms with Crippen LogP contribution in [0.25, 0.3) is 0 Å². The highest BCUT2D eigenvalue weighted by atomic mass is 32.1. The highest BCUT2D eigenvalue weighted by Gasteiger charge is 2.32. The number of thiol groups is 1. The molecule has 3 nitrogen and oxygen atoms in total. The molecule has 0 spiro atoms. The zero-order valence-corrected chi connectivity index (χ0v) is 11.0. The fourth-order valence-electron chi connectivity index (χ4n) is 2.93. The summed E-state index contributed by atoms with van der Waals surface area (Å²) in [5.41, 5.74) is 0. The van der Waals surface area contributed by atoms with Gasteiger partial charge in [-0.3, -0.25) is 9.69 Å². The van der Waals surface area contributed by atoms with Gasteiger partial charge in [-0.05, 0) is 37.6 Å². The molecule has 0 bridgehead atoms. The molecule has 1 amide bonds. The summed E-state index contributed by atoms with van der Waals surface area (Å²) >= 11 is 4.29. The Labute approximate surface area is 104 Å². The zero-order valence-electron chi connectivity index (χ0n) is 10.1. The van der Waals surface area contributed by atoms with E-state index in [1.165, 1.54) is 19.4 Å². The molecule has 2 fully saturated rings. The molecular formula is C12H22N2OS. The van der Waals surface area contributed by atoms with Crippen LogP contribution in [-0.2, 0) is 4.79 Å².